The van der Waals surface area contributed by atoms with E-state index in [1.807, 2.05) is 0 Å². The molecule has 2 heterocycles. The van der Waals surface area contributed by atoms with Crippen molar-refractivity contribution >= 4 is 40.6 Å². The van der Waals surface area contributed by atoms with Gasteiger partial charge in [0.15, 0.2) is 11.5 Å². The molecule has 2 amide bonds. The number of furan rings is 1. The summed E-state index contributed by atoms with van der Waals surface area (Å²) < 4.78 is 15.0. The molecule has 1 aromatic carbocycles. The number of nitro benzene ring substituents is 1. The van der Waals surface area contributed by atoms with Crippen LogP contribution in [0.5, 0.6) is 11.5 Å². The SMILES string of the molecule is CCOc1cc([N+](=O)[O-])cc(C=C2SC(=O)N(Cc3ccc(C(=O)OC)o3)C2=O)c1O. The number of non-ortho nitro benzene ring substituents is 1. The van der Waals surface area contributed by atoms with Crippen molar-refractivity contribution < 1.29 is 38.3 Å². The highest BCUT2D eigenvalue weighted by Gasteiger charge is 2.36. The third-order valence-electron chi connectivity index (χ3n) is 4.12. The fraction of sp³-hybridized carbons (Fsp3) is 0.211. The van der Waals surface area contributed by atoms with E-state index in [4.69, 9.17) is 9.15 Å². The summed E-state index contributed by atoms with van der Waals surface area (Å²) in [5.74, 6) is -1.80. The first-order valence-electron chi connectivity index (χ1n) is 8.81. The van der Waals surface area contributed by atoms with Crippen LogP contribution in [-0.4, -0.2) is 45.8 Å². The summed E-state index contributed by atoms with van der Waals surface area (Å²) in [5.41, 5.74) is -0.397. The maximum atomic E-state index is 12.7. The number of nitro groups is 1. The van der Waals surface area contributed by atoms with Gasteiger partial charge >= 0.3 is 5.97 Å². The fourth-order valence-corrected chi connectivity index (χ4v) is 3.53. The van der Waals surface area contributed by atoms with Crippen LogP contribution < -0.4 is 4.74 Å². The van der Waals surface area contributed by atoms with Crippen molar-refractivity contribution in [3.8, 4) is 11.5 Å². The number of phenolic OH excluding ortho intramolecular Hbond substituents is 1. The Morgan fingerprint density at radius 2 is 2.10 bits per heavy atom. The van der Waals surface area contributed by atoms with Crippen LogP contribution in [0.25, 0.3) is 6.08 Å². The molecule has 0 saturated carbocycles. The standard InChI is InChI=1S/C19H16N2O9S/c1-3-29-14-8-11(21(26)27)6-10(16(14)22)7-15-17(23)20(19(25)31-15)9-12-4-5-13(30-12)18(24)28-2/h4-8,22H,3,9H2,1-2H3. The van der Waals surface area contributed by atoms with E-state index in [9.17, 15) is 29.6 Å². The Kier molecular flexibility index (Phi) is 6.30. The van der Waals surface area contributed by atoms with E-state index in [0.29, 0.717) is 11.8 Å². The van der Waals surface area contributed by atoms with Gasteiger partial charge in [-0.05, 0) is 36.9 Å². The Bertz CT molecular complexity index is 1110. The molecule has 3 rings (SSSR count). The van der Waals surface area contributed by atoms with Crippen LogP contribution in [0.4, 0.5) is 10.5 Å². The quantitative estimate of drug-likeness (QED) is 0.289. The van der Waals surface area contributed by atoms with Crippen molar-refractivity contribution in [2.75, 3.05) is 13.7 Å². The molecule has 0 unspecified atom stereocenters. The number of methoxy groups -OCH3 is 1. The number of carbonyl (C=O) groups excluding carboxylic acids is 3. The molecule has 0 atom stereocenters. The van der Waals surface area contributed by atoms with Crippen LogP contribution in [0, 0.1) is 10.1 Å². The second-order valence-corrected chi connectivity index (χ2v) is 7.09. The van der Waals surface area contributed by atoms with E-state index in [1.165, 1.54) is 25.3 Å². The van der Waals surface area contributed by atoms with Gasteiger partial charge < -0.3 is 19.0 Å². The summed E-state index contributed by atoms with van der Waals surface area (Å²) in [4.78, 5) is 47.8. The maximum absolute atomic E-state index is 12.7. The number of ether oxygens (including phenoxy) is 2. The zero-order valence-electron chi connectivity index (χ0n) is 16.3. The average molecular weight is 448 g/mol. The molecule has 2 aromatic rings. The second-order valence-electron chi connectivity index (χ2n) is 6.10. The molecule has 11 nitrogen and oxygen atoms in total. The van der Waals surface area contributed by atoms with Crippen molar-refractivity contribution in [2.45, 2.75) is 13.5 Å². The molecular weight excluding hydrogens is 432 g/mol. The maximum Gasteiger partial charge on any atom is 0.373 e. The molecule has 12 heteroatoms. The number of imide groups is 1. The Balaban J connectivity index is 1.89. The topological polar surface area (TPSA) is 149 Å². The lowest BCUT2D eigenvalue weighted by molar-refractivity contribution is -0.385. The van der Waals surface area contributed by atoms with Gasteiger partial charge in [-0.1, -0.05) is 0 Å². The third-order valence-corrected chi connectivity index (χ3v) is 5.03. The number of benzene rings is 1. The summed E-state index contributed by atoms with van der Waals surface area (Å²) in [5, 5.41) is 20.9. The van der Waals surface area contributed by atoms with E-state index in [1.54, 1.807) is 6.92 Å². The molecule has 1 aromatic heterocycles. The van der Waals surface area contributed by atoms with Crippen molar-refractivity contribution in [1.29, 1.82) is 0 Å². The van der Waals surface area contributed by atoms with Gasteiger partial charge in [0.25, 0.3) is 16.8 Å². The van der Waals surface area contributed by atoms with Gasteiger partial charge in [-0.3, -0.25) is 24.6 Å². The average Bonchev–Trinajstić information content (AvgIpc) is 3.30. The predicted molar refractivity (Wildman–Crippen MR) is 107 cm³/mol. The van der Waals surface area contributed by atoms with Crippen LogP contribution in [0.1, 0.15) is 28.8 Å². The molecule has 0 aliphatic carbocycles. The number of thioether (sulfide) groups is 1. The predicted octanol–water partition coefficient (Wildman–Crippen LogP) is 3.32. The number of carbonyl (C=O) groups is 3. The van der Waals surface area contributed by atoms with Crippen LogP contribution >= 0.6 is 11.8 Å². The van der Waals surface area contributed by atoms with E-state index in [0.717, 1.165) is 17.0 Å². The number of nitrogens with zero attached hydrogens (tertiary/aromatic N) is 2. The summed E-state index contributed by atoms with van der Waals surface area (Å²) in [6.07, 6.45) is 1.18. The highest BCUT2D eigenvalue weighted by Crippen LogP contribution is 2.39. The Morgan fingerprint density at radius 1 is 1.35 bits per heavy atom. The molecule has 0 bridgehead atoms. The number of aromatic hydroxyl groups is 1. The minimum atomic E-state index is -0.702. The number of hydrogen-bond acceptors (Lipinski definition) is 10. The van der Waals surface area contributed by atoms with Gasteiger partial charge in [-0.2, -0.15) is 0 Å². The van der Waals surface area contributed by atoms with Crippen molar-refractivity contribution in [3.05, 3.63) is 56.4 Å². The lowest BCUT2D eigenvalue weighted by atomic mass is 10.1. The number of esters is 1. The van der Waals surface area contributed by atoms with Gasteiger partial charge in [0, 0.05) is 11.6 Å². The van der Waals surface area contributed by atoms with E-state index < -0.39 is 27.8 Å². The monoisotopic (exact) mass is 448 g/mol. The molecule has 31 heavy (non-hydrogen) atoms. The number of phenols is 1. The van der Waals surface area contributed by atoms with Crippen molar-refractivity contribution in [2.24, 2.45) is 0 Å². The smallest absolute Gasteiger partial charge is 0.373 e. The number of rotatable bonds is 7. The summed E-state index contributed by atoms with van der Waals surface area (Å²) in [6.45, 7) is 1.56. The minimum Gasteiger partial charge on any atom is -0.504 e. The van der Waals surface area contributed by atoms with E-state index >= 15 is 0 Å². The third kappa shape index (κ3) is 4.53. The zero-order valence-corrected chi connectivity index (χ0v) is 17.1. The van der Waals surface area contributed by atoms with Gasteiger partial charge in [0.1, 0.15) is 5.76 Å². The molecule has 1 aliphatic heterocycles. The van der Waals surface area contributed by atoms with Crippen molar-refractivity contribution in [1.82, 2.24) is 4.90 Å². The van der Waals surface area contributed by atoms with E-state index in [2.05, 4.69) is 4.74 Å². The number of hydrogen-bond donors (Lipinski definition) is 1. The van der Waals surface area contributed by atoms with Crippen LogP contribution in [0.3, 0.4) is 0 Å². The molecule has 1 aliphatic rings. The van der Waals surface area contributed by atoms with E-state index in [-0.39, 0.29) is 46.6 Å². The lowest BCUT2D eigenvalue weighted by Gasteiger charge is -2.10. The zero-order chi connectivity index (χ0) is 22.7. The molecule has 1 saturated heterocycles. The molecular formula is C19H16N2O9S. The lowest BCUT2D eigenvalue weighted by Crippen LogP contribution is -2.27. The van der Waals surface area contributed by atoms with Crippen LogP contribution in [0.2, 0.25) is 0 Å². The molecule has 0 radical (unpaired) electrons. The van der Waals surface area contributed by atoms with Gasteiger partial charge in [-0.15, -0.1) is 0 Å². The fourth-order valence-electron chi connectivity index (χ4n) is 2.70. The highest BCUT2D eigenvalue weighted by atomic mass is 32.2. The first kappa shape index (κ1) is 21.9. The minimum absolute atomic E-state index is 0.0471. The summed E-state index contributed by atoms with van der Waals surface area (Å²) >= 11 is 0.599. The first-order chi connectivity index (χ1) is 14.7. The molecule has 1 fully saturated rings. The first-order valence-corrected chi connectivity index (χ1v) is 9.63. The van der Waals surface area contributed by atoms with Gasteiger partial charge in [0.05, 0.1) is 36.2 Å². The van der Waals surface area contributed by atoms with Crippen LogP contribution in [0.15, 0.2) is 33.6 Å². The summed E-state index contributed by atoms with van der Waals surface area (Å²) in [7, 11) is 1.19. The normalized spacial score (nSPS) is 14.9. The Hall–Kier alpha value is -3.80. The van der Waals surface area contributed by atoms with Gasteiger partial charge in [-0.25, -0.2) is 4.79 Å². The highest BCUT2D eigenvalue weighted by molar-refractivity contribution is 8.18. The number of amides is 2. The van der Waals surface area contributed by atoms with Crippen molar-refractivity contribution in [3.63, 3.8) is 0 Å². The Labute approximate surface area is 179 Å². The largest absolute Gasteiger partial charge is 0.504 e. The van der Waals surface area contributed by atoms with Gasteiger partial charge in [0.2, 0.25) is 5.76 Å². The molecule has 162 valence electrons. The Morgan fingerprint density at radius 3 is 2.74 bits per heavy atom. The summed E-state index contributed by atoms with van der Waals surface area (Å²) in [6, 6.07) is 4.92. The van der Waals surface area contributed by atoms with Crippen LogP contribution in [-0.2, 0) is 16.1 Å². The second kappa shape index (κ2) is 8.92. The molecule has 0 spiro atoms. The molecule has 1 N–H and O–H groups in total.